The molecule has 0 saturated carbocycles. The zero-order valence-electron chi connectivity index (χ0n) is 27.8. The van der Waals surface area contributed by atoms with Crippen LogP contribution in [0.2, 0.25) is 0 Å². The minimum Gasteiger partial charge on any atom is -0.465 e. The maximum absolute atomic E-state index is 14.2. The van der Waals surface area contributed by atoms with Gasteiger partial charge >= 0.3 is 6.09 Å². The Balaban J connectivity index is 1.77. The third-order valence-electron chi connectivity index (χ3n) is 8.18. The Morgan fingerprint density at radius 1 is 0.915 bits per heavy atom. The second kappa shape index (κ2) is 15.8. The zero-order valence-corrected chi connectivity index (χ0v) is 27.8. The lowest BCUT2D eigenvalue weighted by Crippen LogP contribution is -2.53. The summed E-state index contributed by atoms with van der Waals surface area (Å²) in [4.78, 5) is 41.9. The third-order valence-corrected chi connectivity index (χ3v) is 8.18. The Hall–Kier alpha value is -4.63. The second-order valence-corrected chi connectivity index (χ2v) is 13.4. The number of hydrogen-bond acceptors (Lipinski definition) is 6. The number of primary amides is 1. The molecule has 0 saturated heterocycles. The Bertz CT molecular complexity index is 1520. The van der Waals surface area contributed by atoms with Gasteiger partial charge in [-0.15, -0.1) is 0 Å². The van der Waals surface area contributed by atoms with Gasteiger partial charge in [-0.1, -0.05) is 92.7 Å². The summed E-state index contributed by atoms with van der Waals surface area (Å²) in [7, 11) is 0. The second-order valence-electron chi connectivity index (χ2n) is 13.4. The molecule has 47 heavy (non-hydrogen) atoms. The van der Waals surface area contributed by atoms with Gasteiger partial charge in [-0.05, 0) is 69.2 Å². The quantitative estimate of drug-likeness (QED) is 0.219. The fourth-order valence-corrected chi connectivity index (χ4v) is 5.88. The molecule has 3 amide bonds. The van der Waals surface area contributed by atoms with Crippen LogP contribution in [0.5, 0.6) is 5.75 Å². The Morgan fingerprint density at radius 2 is 1.49 bits per heavy atom. The van der Waals surface area contributed by atoms with Crippen LogP contribution in [0.3, 0.4) is 0 Å². The molecule has 4 rings (SSSR count). The van der Waals surface area contributed by atoms with Crippen LogP contribution in [-0.2, 0) is 27.2 Å². The van der Waals surface area contributed by atoms with Gasteiger partial charge in [0, 0.05) is 11.5 Å². The van der Waals surface area contributed by atoms with E-state index in [-0.39, 0.29) is 18.8 Å². The van der Waals surface area contributed by atoms with E-state index in [1.807, 2.05) is 98.8 Å². The summed E-state index contributed by atoms with van der Waals surface area (Å²) in [6.07, 6.45) is 2.10. The first-order valence-electron chi connectivity index (χ1n) is 16.1. The highest BCUT2D eigenvalue weighted by molar-refractivity contribution is 5.88. The SMILES string of the molecule is CC(C)[C@@H](NC(=O)[C@@H](Cc1ccccc1)C[C@H](O)[C@H](Cc1ccccc1)N(C(=O)OC(C)(C)C)[C@@H]1C=COc2ccccc21)C(N)=O. The van der Waals surface area contributed by atoms with E-state index in [4.69, 9.17) is 15.2 Å². The first-order chi connectivity index (χ1) is 22.3. The molecule has 4 N–H and O–H groups in total. The number of rotatable bonds is 13. The molecule has 5 atom stereocenters. The van der Waals surface area contributed by atoms with Gasteiger partial charge in [0.15, 0.2) is 0 Å². The molecule has 3 aromatic carbocycles. The van der Waals surface area contributed by atoms with E-state index in [2.05, 4.69) is 5.32 Å². The summed E-state index contributed by atoms with van der Waals surface area (Å²) in [6, 6.07) is 24.2. The van der Waals surface area contributed by atoms with E-state index in [0.717, 1.165) is 16.7 Å². The standard InChI is InChI=1S/C38H47N3O6/c1-25(2)34(35(39)43)40-36(44)28(22-26-14-8-6-9-15-26)24-32(42)31(23-27-16-10-7-11-17-27)41(37(45)47-38(3,4)5)30-20-21-46-33-19-13-12-18-29(30)33/h6-21,25,28,30-32,34,42H,22-24H2,1-5H3,(H2,39,43)(H,40,44)/t28-,30+,31-,32-,34+/m0/s1. The maximum atomic E-state index is 14.2. The molecule has 1 aliphatic heterocycles. The molecule has 0 aromatic heterocycles. The number of carbonyl (C=O) groups is 3. The third kappa shape index (κ3) is 9.68. The number of carbonyl (C=O) groups excluding carboxylic acids is 3. The van der Waals surface area contributed by atoms with E-state index in [1.54, 1.807) is 31.7 Å². The average Bonchev–Trinajstić information content (AvgIpc) is 3.02. The van der Waals surface area contributed by atoms with Crippen molar-refractivity contribution in [2.24, 2.45) is 17.6 Å². The van der Waals surface area contributed by atoms with Crippen molar-refractivity contribution in [3.8, 4) is 5.75 Å². The molecule has 0 bridgehead atoms. The summed E-state index contributed by atoms with van der Waals surface area (Å²) in [6.45, 7) is 9.01. The van der Waals surface area contributed by atoms with E-state index in [9.17, 15) is 19.5 Å². The highest BCUT2D eigenvalue weighted by Gasteiger charge is 2.41. The zero-order chi connectivity index (χ0) is 34.1. The number of benzene rings is 3. The molecule has 1 heterocycles. The molecule has 3 aromatic rings. The molecule has 0 radical (unpaired) electrons. The van der Waals surface area contributed by atoms with E-state index in [0.29, 0.717) is 12.2 Å². The lowest BCUT2D eigenvalue weighted by molar-refractivity contribution is -0.131. The van der Waals surface area contributed by atoms with Crippen molar-refractivity contribution in [1.82, 2.24) is 10.2 Å². The first kappa shape index (κ1) is 35.2. The van der Waals surface area contributed by atoms with Gasteiger partial charge < -0.3 is 25.6 Å². The number of nitrogens with one attached hydrogen (secondary N) is 1. The van der Waals surface area contributed by atoms with Crippen LogP contribution in [0.4, 0.5) is 4.79 Å². The normalized spacial score (nSPS) is 16.6. The predicted octanol–water partition coefficient (Wildman–Crippen LogP) is 5.72. The molecular formula is C38H47N3O6. The predicted molar refractivity (Wildman–Crippen MR) is 181 cm³/mol. The van der Waals surface area contributed by atoms with Crippen molar-refractivity contribution >= 4 is 17.9 Å². The minimum atomic E-state index is -1.18. The van der Waals surface area contributed by atoms with Gasteiger partial charge in [0.05, 0.1) is 24.4 Å². The fraction of sp³-hybridized carbons (Fsp3) is 0.395. The van der Waals surface area contributed by atoms with Gasteiger partial charge in [-0.3, -0.25) is 14.5 Å². The van der Waals surface area contributed by atoms with Gasteiger partial charge in [-0.2, -0.15) is 0 Å². The molecule has 0 spiro atoms. The minimum absolute atomic E-state index is 0.00428. The molecule has 250 valence electrons. The van der Waals surface area contributed by atoms with Crippen LogP contribution in [0.25, 0.3) is 0 Å². The highest BCUT2D eigenvalue weighted by atomic mass is 16.6. The summed E-state index contributed by atoms with van der Waals surface area (Å²) >= 11 is 0. The number of nitrogens with zero attached hydrogens (tertiary/aromatic N) is 1. The van der Waals surface area contributed by atoms with Crippen molar-refractivity contribution in [2.75, 3.05) is 0 Å². The summed E-state index contributed by atoms with van der Waals surface area (Å²) in [5.74, 6) is -1.41. The van der Waals surface area contributed by atoms with Gasteiger partial charge in [-0.25, -0.2) is 4.79 Å². The lowest BCUT2D eigenvalue weighted by atomic mass is 9.86. The van der Waals surface area contributed by atoms with Gasteiger partial charge in [0.25, 0.3) is 0 Å². The van der Waals surface area contributed by atoms with Crippen LogP contribution in [0, 0.1) is 11.8 Å². The number of aliphatic hydroxyl groups is 1. The molecule has 9 heteroatoms. The number of para-hydroxylation sites is 1. The van der Waals surface area contributed by atoms with Crippen LogP contribution < -0.4 is 15.8 Å². The number of ether oxygens (including phenoxy) is 2. The fourth-order valence-electron chi connectivity index (χ4n) is 5.88. The number of nitrogens with two attached hydrogens (primary N) is 1. The van der Waals surface area contributed by atoms with Crippen LogP contribution >= 0.6 is 0 Å². The van der Waals surface area contributed by atoms with E-state index >= 15 is 0 Å². The summed E-state index contributed by atoms with van der Waals surface area (Å²) in [5.41, 5.74) is 7.35. The molecule has 0 aliphatic carbocycles. The Kier molecular flexibility index (Phi) is 11.8. The van der Waals surface area contributed by atoms with Crippen molar-refractivity contribution in [3.05, 3.63) is 114 Å². The molecular weight excluding hydrogens is 594 g/mol. The Morgan fingerprint density at radius 3 is 2.06 bits per heavy atom. The monoisotopic (exact) mass is 641 g/mol. The number of aliphatic hydroxyl groups excluding tert-OH is 1. The van der Waals surface area contributed by atoms with Crippen molar-refractivity contribution in [2.45, 2.75) is 83.7 Å². The highest BCUT2D eigenvalue weighted by Crippen LogP contribution is 2.38. The average molecular weight is 642 g/mol. The van der Waals surface area contributed by atoms with E-state index in [1.165, 1.54) is 6.26 Å². The molecule has 0 fully saturated rings. The molecule has 9 nitrogen and oxygen atoms in total. The smallest absolute Gasteiger partial charge is 0.411 e. The summed E-state index contributed by atoms with van der Waals surface area (Å²) < 4.78 is 11.7. The number of hydrogen-bond donors (Lipinski definition) is 3. The van der Waals surface area contributed by atoms with Crippen molar-refractivity contribution < 1.29 is 29.0 Å². The largest absolute Gasteiger partial charge is 0.465 e. The first-order valence-corrected chi connectivity index (χ1v) is 16.1. The van der Waals surface area contributed by atoms with Gasteiger partial charge in [0.2, 0.25) is 11.8 Å². The lowest BCUT2D eigenvalue weighted by Gasteiger charge is -2.41. The summed E-state index contributed by atoms with van der Waals surface area (Å²) in [5, 5.41) is 15.1. The van der Waals surface area contributed by atoms with Crippen LogP contribution in [0.15, 0.2) is 97.3 Å². The van der Waals surface area contributed by atoms with Crippen molar-refractivity contribution in [1.29, 1.82) is 0 Å². The molecule has 0 unspecified atom stereocenters. The van der Waals surface area contributed by atoms with E-state index < -0.39 is 53.7 Å². The topological polar surface area (TPSA) is 131 Å². The van der Waals surface area contributed by atoms with Crippen molar-refractivity contribution in [3.63, 3.8) is 0 Å². The van der Waals surface area contributed by atoms with Crippen LogP contribution in [-0.4, -0.2) is 51.7 Å². The van der Waals surface area contributed by atoms with Crippen LogP contribution in [0.1, 0.15) is 63.8 Å². The number of amides is 3. The maximum Gasteiger partial charge on any atom is 0.411 e. The molecule has 1 aliphatic rings. The van der Waals surface area contributed by atoms with Gasteiger partial charge in [0.1, 0.15) is 17.4 Å². The Labute approximate surface area is 277 Å². The number of fused-ring (bicyclic) bond motifs is 1.